The lowest BCUT2D eigenvalue weighted by molar-refractivity contribution is -0.121. The molecule has 0 aromatic carbocycles. The predicted octanol–water partition coefficient (Wildman–Crippen LogP) is 0.948. The molecule has 0 unspecified atom stereocenters. The number of rotatable bonds is 5. The van der Waals surface area contributed by atoms with Crippen molar-refractivity contribution in [2.45, 2.75) is 37.4 Å². The van der Waals surface area contributed by atoms with Crippen LogP contribution >= 0.6 is 11.3 Å². The smallest absolute Gasteiger partial charge is 0.346 e. The van der Waals surface area contributed by atoms with Crippen LogP contribution in [-0.4, -0.2) is 37.5 Å². The number of carbonyl (C=O) groups is 2. The maximum atomic E-state index is 12.0. The lowest BCUT2D eigenvalue weighted by atomic mass is 10.1. The summed E-state index contributed by atoms with van der Waals surface area (Å²) in [7, 11) is -3.90. The van der Waals surface area contributed by atoms with Crippen molar-refractivity contribution in [2.75, 3.05) is 6.54 Å². The Morgan fingerprint density at radius 2 is 1.90 bits per heavy atom. The number of sulfonamides is 1. The van der Waals surface area contributed by atoms with Crippen LogP contribution in [0.4, 0.5) is 0 Å². The quantitative estimate of drug-likeness (QED) is 0.742. The monoisotopic (exact) mass is 334 g/mol. The first-order valence-electron chi connectivity index (χ1n) is 6.07. The fourth-order valence-electron chi connectivity index (χ4n) is 1.49. The molecule has 1 aromatic heterocycles. The molecule has 7 nitrogen and oxygen atoms in total. The Hall–Kier alpha value is -1.45. The van der Waals surface area contributed by atoms with Gasteiger partial charge in [-0.3, -0.25) is 4.79 Å². The molecule has 0 atom stereocenters. The van der Waals surface area contributed by atoms with Crippen molar-refractivity contribution in [2.24, 2.45) is 0 Å². The second-order valence-corrected chi connectivity index (χ2v) is 8.55. The van der Waals surface area contributed by atoms with Crippen molar-refractivity contribution in [1.29, 1.82) is 0 Å². The summed E-state index contributed by atoms with van der Waals surface area (Å²) in [5.41, 5.74) is -0.0922. The van der Waals surface area contributed by atoms with E-state index in [4.69, 9.17) is 5.11 Å². The van der Waals surface area contributed by atoms with Crippen LogP contribution in [0.2, 0.25) is 0 Å². The molecule has 0 saturated heterocycles. The highest BCUT2D eigenvalue weighted by molar-refractivity contribution is 7.91. The molecule has 0 spiro atoms. The summed E-state index contributed by atoms with van der Waals surface area (Å²) in [6.07, 6.45) is 0. The van der Waals surface area contributed by atoms with Gasteiger partial charge < -0.3 is 10.4 Å². The highest BCUT2D eigenvalue weighted by Gasteiger charge is 2.23. The Morgan fingerprint density at radius 1 is 1.33 bits per heavy atom. The van der Waals surface area contributed by atoms with Gasteiger partial charge in [0, 0.05) is 5.54 Å². The third-order valence-electron chi connectivity index (χ3n) is 2.29. The zero-order valence-corrected chi connectivity index (χ0v) is 13.8. The lowest BCUT2D eigenvalue weighted by Gasteiger charge is -2.20. The molecular formula is C12H18N2O5S2. The highest BCUT2D eigenvalue weighted by Crippen LogP contribution is 2.25. The van der Waals surface area contributed by atoms with E-state index in [1.165, 1.54) is 13.0 Å². The number of carboxylic acids is 1. The predicted molar refractivity (Wildman–Crippen MR) is 79.1 cm³/mol. The summed E-state index contributed by atoms with van der Waals surface area (Å²) in [5, 5.41) is 11.5. The maximum absolute atomic E-state index is 12.0. The molecule has 0 bridgehead atoms. The van der Waals surface area contributed by atoms with Gasteiger partial charge in [-0.05, 0) is 39.3 Å². The minimum atomic E-state index is -3.90. The van der Waals surface area contributed by atoms with Crippen LogP contribution in [0.5, 0.6) is 0 Å². The van der Waals surface area contributed by atoms with Gasteiger partial charge in [0.15, 0.2) is 0 Å². The standard InChI is InChI=1S/C12H18N2O5S2/c1-7-5-9(20-10(7)11(16)17)21(18,19)13-6-8(15)14-12(2,3)4/h5,13H,6H2,1-4H3,(H,14,15)(H,16,17). The first kappa shape index (κ1) is 17.6. The number of amides is 1. The molecule has 0 aliphatic carbocycles. The van der Waals surface area contributed by atoms with Crippen molar-refractivity contribution < 1.29 is 23.1 Å². The van der Waals surface area contributed by atoms with Crippen molar-refractivity contribution in [3.8, 4) is 0 Å². The average Bonchev–Trinajstić information content (AvgIpc) is 2.67. The van der Waals surface area contributed by atoms with Gasteiger partial charge in [-0.25, -0.2) is 17.9 Å². The van der Waals surface area contributed by atoms with Gasteiger partial charge in [0.1, 0.15) is 9.09 Å². The van der Waals surface area contributed by atoms with Crippen LogP contribution in [0.15, 0.2) is 10.3 Å². The lowest BCUT2D eigenvalue weighted by Crippen LogP contribution is -2.45. The zero-order chi connectivity index (χ0) is 16.4. The largest absolute Gasteiger partial charge is 0.477 e. The van der Waals surface area contributed by atoms with Crippen molar-refractivity contribution in [3.05, 3.63) is 16.5 Å². The van der Waals surface area contributed by atoms with Gasteiger partial charge >= 0.3 is 5.97 Å². The number of hydrogen-bond donors (Lipinski definition) is 3. The van der Waals surface area contributed by atoms with Crippen molar-refractivity contribution in [3.63, 3.8) is 0 Å². The van der Waals surface area contributed by atoms with Gasteiger partial charge in [0.05, 0.1) is 6.54 Å². The maximum Gasteiger partial charge on any atom is 0.346 e. The number of carboxylic acid groups (broad SMARTS) is 1. The Kier molecular flexibility index (Phi) is 5.13. The Labute approximate surface area is 127 Å². The van der Waals surface area contributed by atoms with Crippen molar-refractivity contribution >= 4 is 33.2 Å². The first-order valence-corrected chi connectivity index (χ1v) is 8.37. The Morgan fingerprint density at radius 3 is 2.33 bits per heavy atom. The Bertz CT molecular complexity index is 656. The summed E-state index contributed by atoms with van der Waals surface area (Å²) >= 11 is 0.658. The van der Waals surface area contributed by atoms with E-state index >= 15 is 0 Å². The van der Waals surface area contributed by atoms with E-state index in [0.717, 1.165) is 0 Å². The number of thiophene rings is 1. The minimum absolute atomic E-state index is 0.0329. The molecular weight excluding hydrogens is 316 g/mol. The average molecular weight is 334 g/mol. The molecule has 0 fully saturated rings. The van der Waals surface area contributed by atoms with Crippen LogP contribution < -0.4 is 10.0 Å². The van der Waals surface area contributed by atoms with Crippen LogP contribution in [0.1, 0.15) is 36.0 Å². The number of aryl methyl sites for hydroxylation is 1. The van der Waals surface area contributed by atoms with Gasteiger partial charge in [-0.1, -0.05) is 0 Å². The van der Waals surface area contributed by atoms with E-state index < -0.39 is 34.0 Å². The third-order valence-corrected chi connectivity index (χ3v) is 5.39. The topological polar surface area (TPSA) is 113 Å². The fourth-order valence-corrected chi connectivity index (χ4v) is 3.90. The molecule has 21 heavy (non-hydrogen) atoms. The van der Waals surface area contributed by atoms with Crippen LogP contribution in [-0.2, 0) is 14.8 Å². The molecule has 0 saturated carbocycles. The molecule has 3 N–H and O–H groups in total. The molecule has 0 aliphatic heterocycles. The zero-order valence-electron chi connectivity index (χ0n) is 12.2. The summed E-state index contributed by atoms with van der Waals surface area (Å²) in [5.74, 6) is -1.64. The van der Waals surface area contributed by atoms with E-state index in [2.05, 4.69) is 10.0 Å². The van der Waals surface area contributed by atoms with Crippen molar-refractivity contribution in [1.82, 2.24) is 10.0 Å². The number of carbonyl (C=O) groups excluding carboxylic acids is 1. The normalized spacial score (nSPS) is 12.2. The van der Waals surface area contributed by atoms with Gasteiger partial charge in [0.25, 0.3) is 10.0 Å². The third kappa shape index (κ3) is 5.10. The molecule has 0 radical (unpaired) electrons. The van der Waals surface area contributed by atoms with E-state index in [0.29, 0.717) is 16.9 Å². The number of hydrogen-bond acceptors (Lipinski definition) is 5. The second kappa shape index (κ2) is 6.12. The van der Waals surface area contributed by atoms with Crippen LogP contribution in [0.3, 0.4) is 0 Å². The SMILES string of the molecule is Cc1cc(S(=O)(=O)NCC(=O)NC(C)(C)C)sc1C(=O)O. The summed E-state index contributed by atoms with van der Waals surface area (Å²) in [6, 6.07) is 1.28. The van der Waals surface area contributed by atoms with Crippen LogP contribution in [0.25, 0.3) is 0 Å². The molecule has 118 valence electrons. The minimum Gasteiger partial charge on any atom is -0.477 e. The van der Waals surface area contributed by atoms with E-state index in [1.54, 1.807) is 20.8 Å². The van der Waals surface area contributed by atoms with Crippen LogP contribution in [0, 0.1) is 6.92 Å². The number of nitrogens with one attached hydrogen (secondary N) is 2. The summed E-state index contributed by atoms with van der Waals surface area (Å²) in [4.78, 5) is 22.5. The van der Waals surface area contributed by atoms with Gasteiger partial charge in [-0.2, -0.15) is 0 Å². The first-order chi connectivity index (χ1) is 9.42. The molecule has 1 aromatic rings. The van der Waals surface area contributed by atoms with Gasteiger partial charge in [0.2, 0.25) is 5.91 Å². The molecule has 9 heteroatoms. The second-order valence-electron chi connectivity index (χ2n) is 5.51. The van der Waals surface area contributed by atoms with E-state index in [1.807, 2.05) is 0 Å². The highest BCUT2D eigenvalue weighted by atomic mass is 32.2. The fraction of sp³-hybridized carbons (Fsp3) is 0.500. The van der Waals surface area contributed by atoms with Gasteiger partial charge in [-0.15, -0.1) is 11.3 Å². The summed E-state index contributed by atoms with van der Waals surface area (Å²) < 4.78 is 26.1. The summed E-state index contributed by atoms with van der Waals surface area (Å²) in [6.45, 7) is 6.45. The van der Waals surface area contributed by atoms with E-state index in [9.17, 15) is 18.0 Å². The molecule has 1 amide bonds. The molecule has 1 heterocycles. The molecule has 0 aliphatic rings. The number of aromatic carboxylic acids is 1. The Balaban J connectivity index is 2.81. The van der Waals surface area contributed by atoms with E-state index in [-0.39, 0.29) is 9.09 Å². The molecule has 1 rings (SSSR count).